The average molecular weight is 246 g/mol. The van der Waals surface area contributed by atoms with E-state index in [1.165, 1.54) is 31.2 Å². The zero-order chi connectivity index (χ0) is 13.1. The van der Waals surface area contributed by atoms with Crippen molar-refractivity contribution in [3.8, 4) is 0 Å². The molecule has 1 atom stereocenters. The zero-order valence-electron chi connectivity index (χ0n) is 11.2. The molecule has 2 rings (SSSR count). The SMILES string of the molecule is CC1CCC(c2ccccc2C(C)C(=O)O)CC1. The molecule has 1 saturated carbocycles. The molecular formula is C16H22O2. The minimum Gasteiger partial charge on any atom is -0.481 e. The molecule has 0 aromatic heterocycles. The highest BCUT2D eigenvalue weighted by atomic mass is 16.4. The smallest absolute Gasteiger partial charge is 0.310 e. The predicted octanol–water partition coefficient (Wildman–Crippen LogP) is 4.17. The van der Waals surface area contributed by atoms with Crippen LogP contribution < -0.4 is 0 Å². The van der Waals surface area contributed by atoms with Crippen LogP contribution in [0.4, 0.5) is 0 Å². The van der Waals surface area contributed by atoms with E-state index in [2.05, 4.69) is 13.0 Å². The van der Waals surface area contributed by atoms with E-state index in [0.29, 0.717) is 5.92 Å². The second-order valence-corrected chi connectivity index (χ2v) is 5.65. The Labute approximate surface area is 109 Å². The van der Waals surface area contributed by atoms with Crippen LogP contribution in [-0.2, 0) is 4.79 Å². The van der Waals surface area contributed by atoms with Crippen LogP contribution in [0.5, 0.6) is 0 Å². The number of hydrogen-bond donors (Lipinski definition) is 1. The van der Waals surface area contributed by atoms with Crippen LogP contribution in [0.1, 0.15) is 62.5 Å². The van der Waals surface area contributed by atoms with E-state index in [1.54, 1.807) is 6.92 Å². The van der Waals surface area contributed by atoms with E-state index in [-0.39, 0.29) is 0 Å². The molecule has 98 valence electrons. The van der Waals surface area contributed by atoms with Crippen molar-refractivity contribution in [3.05, 3.63) is 35.4 Å². The van der Waals surface area contributed by atoms with Crippen molar-refractivity contribution in [2.75, 3.05) is 0 Å². The van der Waals surface area contributed by atoms with Gasteiger partial charge in [0.05, 0.1) is 5.92 Å². The Morgan fingerprint density at radius 3 is 2.44 bits per heavy atom. The molecule has 0 aliphatic heterocycles. The third-order valence-electron chi connectivity index (χ3n) is 4.29. The lowest BCUT2D eigenvalue weighted by Gasteiger charge is -2.28. The lowest BCUT2D eigenvalue weighted by Crippen LogP contribution is -2.15. The number of carbonyl (C=O) groups is 1. The van der Waals surface area contributed by atoms with Gasteiger partial charge in [0.1, 0.15) is 0 Å². The summed E-state index contributed by atoms with van der Waals surface area (Å²) in [6, 6.07) is 8.08. The molecule has 2 heteroatoms. The minimum atomic E-state index is -0.730. The van der Waals surface area contributed by atoms with Gasteiger partial charge in [-0.15, -0.1) is 0 Å². The average Bonchev–Trinajstić information content (AvgIpc) is 2.39. The van der Waals surface area contributed by atoms with E-state index >= 15 is 0 Å². The number of benzene rings is 1. The van der Waals surface area contributed by atoms with Crippen LogP contribution in [0.25, 0.3) is 0 Å². The zero-order valence-corrected chi connectivity index (χ0v) is 11.2. The molecule has 18 heavy (non-hydrogen) atoms. The Morgan fingerprint density at radius 1 is 1.22 bits per heavy atom. The van der Waals surface area contributed by atoms with Gasteiger partial charge in [0.25, 0.3) is 0 Å². The molecule has 0 saturated heterocycles. The van der Waals surface area contributed by atoms with Crippen molar-refractivity contribution < 1.29 is 9.90 Å². The van der Waals surface area contributed by atoms with E-state index in [1.807, 2.05) is 18.2 Å². The quantitative estimate of drug-likeness (QED) is 0.869. The molecule has 1 N–H and O–H groups in total. The number of hydrogen-bond acceptors (Lipinski definition) is 1. The maximum Gasteiger partial charge on any atom is 0.310 e. The van der Waals surface area contributed by atoms with Gasteiger partial charge in [0.15, 0.2) is 0 Å². The highest BCUT2D eigenvalue weighted by Gasteiger charge is 2.25. The third kappa shape index (κ3) is 2.74. The van der Waals surface area contributed by atoms with Gasteiger partial charge in [-0.1, -0.05) is 44.0 Å². The maximum absolute atomic E-state index is 11.2. The second kappa shape index (κ2) is 5.55. The second-order valence-electron chi connectivity index (χ2n) is 5.65. The minimum absolute atomic E-state index is 0.402. The molecular weight excluding hydrogens is 224 g/mol. The van der Waals surface area contributed by atoms with Crippen molar-refractivity contribution in [1.29, 1.82) is 0 Å². The first kappa shape index (κ1) is 13.1. The predicted molar refractivity (Wildman–Crippen MR) is 72.9 cm³/mol. The van der Waals surface area contributed by atoms with Gasteiger partial charge in [-0.25, -0.2) is 0 Å². The first-order valence-electron chi connectivity index (χ1n) is 6.91. The molecule has 1 aromatic carbocycles. The Morgan fingerprint density at radius 2 is 1.83 bits per heavy atom. The summed E-state index contributed by atoms with van der Waals surface area (Å²) < 4.78 is 0. The first-order chi connectivity index (χ1) is 8.59. The molecule has 1 unspecified atom stereocenters. The summed E-state index contributed by atoms with van der Waals surface area (Å²) in [4.78, 5) is 11.2. The van der Waals surface area contributed by atoms with E-state index in [0.717, 1.165) is 11.5 Å². The standard InChI is InChI=1S/C16H22O2/c1-11-7-9-13(10-8-11)15-6-4-3-5-14(15)12(2)16(17)18/h3-6,11-13H,7-10H2,1-2H3,(H,17,18). The Kier molecular flexibility index (Phi) is 4.05. The van der Waals surface area contributed by atoms with Gasteiger partial charge >= 0.3 is 5.97 Å². The topological polar surface area (TPSA) is 37.3 Å². The molecule has 1 aliphatic carbocycles. The fraction of sp³-hybridized carbons (Fsp3) is 0.562. The summed E-state index contributed by atoms with van der Waals surface area (Å²) in [7, 11) is 0. The summed E-state index contributed by atoms with van der Waals surface area (Å²) in [5.41, 5.74) is 2.27. The molecule has 0 amide bonds. The van der Waals surface area contributed by atoms with Crippen LogP contribution in [0, 0.1) is 5.92 Å². The van der Waals surface area contributed by atoms with E-state index in [4.69, 9.17) is 0 Å². The molecule has 1 aromatic rings. The van der Waals surface area contributed by atoms with Gasteiger partial charge in [0.2, 0.25) is 0 Å². The normalized spacial score (nSPS) is 25.7. The first-order valence-corrected chi connectivity index (χ1v) is 6.91. The Bertz CT molecular complexity index is 417. The van der Waals surface area contributed by atoms with Crippen LogP contribution >= 0.6 is 0 Å². The summed E-state index contributed by atoms with van der Waals surface area (Å²) in [6.45, 7) is 4.09. The monoisotopic (exact) mass is 246 g/mol. The third-order valence-corrected chi connectivity index (χ3v) is 4.29. The van der Waals surface area contributed by atoms with Gasteiger partial charge in [-0.3, -0.25) is 4.79 Å². The van der Waals surface area contributed by atoms with E-state index < -0.39 is 11.9 Å². The van der Waals surface area contributed by atoms with Crippen molar-refractivity contribution in [1.82, 2.24) is 0 Å². The number of aliphatic carboxylic acids is 1. The van der Waals surface area contributed by atoms with Gasteiger partial charge in [0, 0.05) is 0 Å². The van der Waals surface area contributed by atoms with Gasteiger partial charge in [-0.2, -0.15) is 0 Å². The van der Waals surface area contributed by atoms with Crippen LogP contribution in [0.3, 0.4) is 0 Å². The van der Waals surface area contributed by atoms with Crippen LogP contribution in [-0.4, -0.2) is 11.1 Å². The Hall–Kier alpha value is -1.31. The number of carboxylic acid groups (broad SMARTS) is 1. The van der Waals surface area contributed by atoms with Crippen LogP contribution in [0.15, 0.2) is 24.3 Å². The van der Waals surface area contributed by atoms with Crippen molar-refractivity contribution in [2.45, 2.75) is 51.4 Å². The number of rotatable bonds is 3. The maximum atomic E-state index is 11.2. The summed E-state index contributed by atoms with van der Waals surface area (Å²) in [6.07, 6.45) is 4.93. The Balaban J connectivity index is 2.24. The molecule has 1 fully saturated rings. The van der Waals surface area contributed by atoms with Crippen LogP contribution in [0.2, 0.25) is 0 Å². The lowest BCUT2D eigenvalue weighted by molar-refractivity contribution is -0.138. The van der Waals surface area contributed by atoms with Gasteiger partial charge < -0.3 is 5.11 Å². The highest BCUT2D eigenvalue weighted by Crippen LogP contribution is 2.38. The largest absolute Gasteiger partial charge is 0.481 e. The molecule has 0 bridgehead atoms. The van der Waals surface area contributed by atoms with Crippen molar-refractivity contribution in [3.63, 3.8) is 0 Å². The van der Waals surface area contributed by atoms with Gasteiger partial charge in [-0.05, 0) is 42.7 Å². The van der Waals surface area contributed by atoms with E-state index in [9.17, 15) is 9.90 Å². The fourth-order valence-corrected chi connectivity index (χ4v) is 2.98. The fourth-order valence-electron chi connectivity index (χ4n) is 2.98. The molecule has 2 nitrogen and oxygen atoms in total. The molecule has 0 spiro atoms. The summed E-state index contributed by atoms with van der Waals surface area (Å²) >= 11 is 0. The summed E-state index contributed by atoms with van der Waals surface area (Å²) in [5.74, 6) is 0.247. The number of carboxylic acids is 1. The lowest BCUT2D eigenvalue weighted by atomic mass is 9.76. The molecule has 1 aliphatic rings. The summed E-state index contributed by atoms with van der Waals surface area (Å²) in [5, 5.41) is 9.20. The van der Waals surface area contributed by atoms with Crippen molar-refractivity contribution in [2.24, 2.45) is 5.92 Å². The molecule has 0 heterocycles. The van der Waals surface area contributed by atoms with Crippen molar-refractivity contribution >= 4 is 5.97 Å². The highest BCUT2D eigenvalue weighted by molar-refractivity contribution is 5.76. The molecule has 0 radical (unpaired) electrons.